The van der Waals surface area contributed by atoms with E-state index >= 15 is 0 Å². The van der Waals surface area contributed by atoms with E-state index in [0.717, 1.165) is 19.0 Å². The second-order valence-electron chi connectivity index (χ2n) is 5.97. The number of carbonyl (C=O) groups excluding carboxylic acids is 1. The van der Waals surface area contributed by atoms with Crippen LogP contribution in [0.1, 0.15) is 26.3 Å². The van der Waals surface area contributed by atoms with Gasteiger partial charge in [-0.05, 0) is 26.3 Å². The maximum absolute atomic E-state index is 11.9. The molecule has 0 unspecified atom stereocenters. The maximum atomic E-state index is 11.9. The van der Waals surface area contributed by atoms with Crippen LogP contribution >= 0.6 is 0 Å². The van der Waals surface area contributed by atoms with Gasteiger partial charge in [0.1, 0.15) is 0 Å². The fourth-order valence-corrected chi connectivity index (χ4v) is 2.08. The number of hydrogen-bond acceptors (Lipinski definition) is 2. The molecule has 0 bridgehead atoms. The summed E-state index contributed by atoms with van der Waals surface area (Å²) in [7, 11) is 3.65. The molecule has 0 spiro atoms. The van der Waals surface area contributed by atoms with Crippen LogP contribution in [-0.2, 0) is 11.3 Å². The highest BCUT2D eigenvalue weighted by Gasteiger charge is 2.26. The highest BCUT2D eigenvalue weighted by Crippen LogP contribution is 2.15. The number of benzene rings is 1. The zero-order valence-electron chi connectivity index (χ0n) is 14.3. The molecule has 0 heterocycles. The summed E-state index contributed by atoms with van der Waals surface area (Å²) in [5.74, 6) is 0.807. The van der Waals surface area contributed by atoms with Crippen molar-refractivity contribution >= 4 is 11.9 Å². The van der Waals surface area contributed by atoms with Crippen LogP contribution in [0.5, 0.6) is 0 Å². The predicted octanol–water partition coefficient (Wildman–Crippen LogP) is 1.86. The molecule has 1 amide bonds. The SMILES string of the molecule is CCNC(=NCC(C)(C)C(=O)NC)N(C)Cc1ccccc1. The summed E-state index contributed by atoms with van der Waals surface area (Å²) in [6, 6.07) is 10.3. The lowest BCUT2D eigenvalue weighted by Gasteiger charge is -2.25. The molecular formula is C17H28N4O. The predicted molar refractivity (Wildman–Crippen MR) is 91.7 cm³/mol. The van der Waals surface area contributed by atoms with E-state index in [2.05, 4.69) is 32.7 Å². The number of nitrogens with one attached hydrogen (secondary N) is 2. The maximum Gasteiger partial charge on any atom is 0.227 e. The number of aliphatic imine (C=N–C) groups is 1. The first-order chi connectivity index (χ1) is 10.4. The van der Waals surface area contributed by atoms with E-state index in [4.69, 9.17) is 0 Å². The normalized spacial score (nSPS) is 12.0. The van der Waals surface area contributed by atoms with E-state index in [1.165, 1.54) is 5.56 Å². The van der Waals surface area contributed by atoms with Crippen molar-refractivity contribution in [2.24, 2.45) is 10.4 Å². The van der Waals surface area contributed by atoms with Crippen LogP contribution in [0.25, 0.3) is 0 Å². The molecule has 5 heteroatoms. The molecule has 0 saturated heterocycles. The smallest absolute Gasteiger partial charge is 0.227 e. The van der Waals surface area contributed by atoms with Crippen LogP contribution in [0.15, 0.2) is 35.3 Å². The van der Waals surface area contributed by atoms with Gasteiger partial charge in [0.15, 0.2) is 5.96 Å². The van der Waals surface area contributed by atoms with Crippen LogP contribution in [-0.4, -0.2) is 44.0 Å². The zero-order chi connectivity index (χ0) is 16.6. The van der Waals surface area contributed by atoms with Crippen LogP contribution in [0.2, 0.25) is 0 Å². The Bertz CT molecular complexity index is 497. The Morgan fingerprint density at radius 3 is 2.45 bits per heavy atom. The van der Waals surface area contributed by atoms with Crippen LogP contribution in [0.3, 0.4) is 0 Å². The molecule has 2 N–H and O–H groups in total. The lowest BCUT2D eigenvalue weighted by molar-refractivity contribution is -0.128. The number of amides is 1. The van der Waals surface area contributed by atoms with Crippen molar-refractivity contribution in [3.05, 3.63) is 35.9 Å². The fourth-order valence-electron chi connectivity index (χ4n) is 2.08. The van der Waals surface area contributed by atoms with Crippen LogP contribution < -0.4 is 10.6 Å². The zero-order valence-corrected chi connectivity index (χ0v) is 14.3. The molecule has 0 saturated carbocycles. The Morgan fingerprint density at radius 1 is 1.27 bits per heavy atom. The van der Waals surface area contributed by atoms with E-state index < -0.39 is 5.41 Å². The number of guanidine groups is 1. The second kappa shape index (κ2) is 8.41. The highest BCUT2D eigenvalue weighted by molar-refractivity contribution is 5.83. The summed E-state index contributed by atoms with van der Waals surface area (Å²) in [5.41, 5.74) is 0.699. The van der Waals surface area contributed by atoms with Crippen molar-refractivity contribution in [1.29, 1.82) is 0 Å². The van der Waals surface area contributed by atoms with Gasteiger partial charge in [-0.1, -0.05) is 30.3 Å². The van der Waals surface area contributed by atoms with Crippen molar-refractivity contribution < 1.29 is 4.79 Å². The Kier molecular flexibility index (Phi) is 6.89. The van der Waals surface area contributed by atoms with Gasteiger partial charge in [-0.3, -0.25) is 9.79 Å². The molecule has 1 aromatic carbocycles. The molecule has 1 rings (SSSR count). The lowest BCUT2D eigenvalue weighted by atomic mass is 9.93. The van der Waals surface area contributed by atoms with Gasteiger partial charge in [0.25, 0.3) is 0 Å². The largest absolute Gasteiger partial charge is 0.359 e. The minimum atomic E-state index is -0.525. The molecule has 5 nitrogen and oxygen atoms in total. The molecule has 0 aliphatic carbocycles. The van der Waals surface area contributed by atoms with E-state index in [-0.39, 0.29) is 5.91 Å². The molecule has 1 aromatic rings. The topological polar surface area (TPSA) is 56.7 Å². The molecule has 22 heavy (non-hydrogen) atoms. The highest BCUT2D eigenvalue weighted by atomic mass is 16.2. The Balaban J connectivity index is 2.79. The number of carbonyl (C=O) groups is 1. The van der Waals surface area contributed by atoms with E-state index in [1.54, 1.807) is 7.05 Å². The Labute approximate surface area is 133 Å². The van der Waals surface area contributed by atoms with E-state index in [0.29, 0.717) is 6.54 Å². The molecule has 0 aliphatic rings. The summed E-state index contributed by atoms with van der Waals surface area (Å²) >= 11 is 0. The first kappa shape index (κ1) is 18.0. The van der Waals surface area contributed by atoms with Gasteiger partial charge in [0, 0.05) is 27.2 Å². The first-order valence-electron chi connectivity index (χ1n) is 7.66. The minimum absolute atomic E-state index is 0.00203. The number of rotatable bonds is 6. The van der Waals surface area contributed by atoms with Crippen molar-refractivity contribution in [2.45, 2.75) is 27.3 Å². The fraction of sp³-hybridized carbons (Fsp3) is 0.529. The first-order valence-corrected chi connectivity index (χ1v) is 7.66. The molecule has 122 valence electrons. The van der Waals surface area contributed by atoms with Crippen LogP contribution in [0.4, 0.5) is 0 Å². The number of nitrogens with zero attached hydrogens (tertiary/aromatic N) is 2. The summed E-state index contributed by atoms with van der Waals surface area (Å²) in [6.45, 7) is 7.83. The van der Waals surface area contributed by atoms with Gasteiger partial charge >= 0.3 is 0 Å². The van der Waals surface area contributed by atoms with Gasteiger partial charge in [-0.25, -0.2) is 0 Å². The summed E-state index contributed by atoms with van der Waals surface area (Å²) < 4.78 is 0. The monoisotopic (exact) mass is 304 g/mol. The van der Waals surface area contributed by atoms with Gasteiger partial charge in [-0.2, -0.15) is 0 Å². The number of hydrogen-bond donors (Lipinski definition) is 2. The summed E-state index contributed by atoms with van der Waals surface area (Å²) in [4.78, 5) is 18.5. The third kappa shape index (κ3) is 5.39. The van der Waals surface area contributed by atoms with Crippen molar-refractivity contribution in [2.75, 3.05) is 27.2 Å². The summed E-state index contributed by atoms with van der Waals surface area (Å²) in [5, 5.41) is 5.96. The van der Waals surface area contributed by atoms with Gasteiger partial charge in [-0.15, -0.1) is 0 Å². The Morgan fingerprint density at radius 2 is 1.91 bits per heavy atom. The second-order valence-corrected chi connectivity index (χ2v) is 5.97. The standard InChI is InChI=1S/C17H28N4O/c1-6-19-16(20-13-17(2,3)15(22)18-4)21(5)12-14-10-8-7-9-11-14/h7-11H,6,12-13H2,1-5H3,(H,18,22)(H,19,20). The van der Waals surface area contributed by atoms with E-state index in [1.807, 2.05) is 46.0 Å². The average Bonchev–Trinajstić information content (AvgIpc) is 2.51. The van der Waals surface area contributed by atoms with Gasteiger partial charge < -0.3 is 15.5 Å². The molecule has 0 fully saturated rings. The minimum Gasteiger partial charge on any atom is -0.359 e. The molecule has 0 atom stereocenters. The quantitative estimate of drug-likeness (QED) is 0.623. The molecule has 0 aliphatic heterocycles. The average molecular weight is 304 g/mol. The van der Waals surface area contributed by atoms with Gasteiger partial charge in [0.2, 0.25) is 5.91 Å². The Hall–Kier alpha value is -2.04. The van der Waals surface area contributed by atoms with Gasteiger partial charge in [0.05, 0.1) is 12.0 Å². The third-order valence-electron chi connectivity index (χ3n) is 3.42. The van der Waals surface area contributed by atoms with Crippen LogP contribution in [0, 0.1) is 5.41 Å². The van der Waals surface area contributed by atoms with Crippen molar-refractivity contribution in [3.63, 3.8) is 0 Å². The van der Waals surface area contributed by atoms with Crippen molar-refractivity contribution in [3.8, 4) is 0 Å². The summed E-state index contributed by atoms with van der Waals surface area (Å²) in [6.07, 6.45) is 0. The third-order valence-corrected chi connectivity index (χ3v) is 3.42. The lowest BCUT2D eigenvalue weighted by Crippen LogP contribution is -2.41. The van der Waals surface area contributed by atoms with Crippen molar-refractivity contribution in [1.82, 2.24) is 15.5 Å². The molecular weight excluding hydrogens is 276 g/mol. The molecule has 0 radical (unpaired) electrons. The van der Waals surface area contributed by atoms with E-state index in [9.17, 15) is 4.79 Å². The molecule has 0 aromatic heterocycles.